The van der Waals surface area contributed by atoms with Crippen molar-refractivity contribution < 1.29 is 18.8 Å². The van der Waals surface area contributed by atoms with Gasteiger partial charge in [0.15, 0.2) is 0 Å². The van der Waals surface area contributed by atoms with E-state index < -0.39 is 23.5 Å². The Hall–Kier alpha value is -3.39. The lowest BCUT2D eigenvalue weighted by molar-refractivity contribution is -0.120. The Morgan fingerprint density at radius 3 is 2.15 bits per heavy atom. The number of hydrogen-bond donors (Lipinski definition) is 2. The summed E-state index contributed by atoms with van der Waals surface area (Å²) in [6.45, 7) is 0. The van der Waals surface area contributed by atoms with Crippen LogP contribution < -0.4 is 15.5 Å². The monoisotopic (exact) mass is 503 g/mol. The van der Waals surface area contributed by atoms with E-state index in [2.05, 4.69) is 10.6 Å². The van der Waals surface area contributed by atoms with Crippen molar-refractivity contribution in [1.29, 1.82) is 0 Å². The molecule has 0 spiro atoms. The molecular formula is C23H13Cl3FN3O3. The molecule has 10 heteroatoms. The number of amides is 3. The Morgan fingerprint density at radius 1 is 0.818 bits per heavy atom. The summed E-state index contributed by atoms with van der Waals surface area (Å²) in [5.41, 5.74) is 1.04. The lowest BCUT2D eigenvalue weighted by Crippen LogP contribution is -2.32. The third kappa shape index (κ3) is 4.85. The molecule has 0 radical (unpaired) electrons. The first-order valence-corrected chi connectivity index (χ1v) is 10.5. The molecule has 1 heterocycles. The summed E-state index contributed by atoms with van der Waals surface area (Å²) in [6, 6.07) is 15.7. The second kappa shape index (κ2) is 9.23. The van der Waals surface area contributed by atoms with Crippen LogP contribution in [0.25, 0.3) is 0 Å². The number of nitrogens with zero attached hydrogens (tertiary/aromatic N) is 1. The van der Waals surface area contributed by atoms with Crippen LogP contribution in [0.2, 0.25) is 10.0 Å². The molecule has 0 atom stereocenters. The molecule has 4 rings (SSSR count). The van der Waals surface area contributed by atoms with Gasteiger partial charge in [0.1, 0.15) is 16.5 Å². The molecule has 3 amide bonds. The van der Waals surface area contributed by atoms with E-state index >= 15 is 0 Å². The van der Waals surface area contributed by atoms with Crippen LogP contribution in [0.3, 0.4) is 0 Å². The second-order valence-corrected chi connectivity index (χ2v) is 8.18. The van der Waals surface area contributed by atoms with E-state index in [9.17, 15) is 18.8 Å². The maximum atomic E-state index is 13.2. The molecule has 0 fully saturated rings. The maximum absolute atomic E-state index is 13.2. The highest BCUT2D eigenvalue weighted by Gasteiger charge is 2.39. The van der Waals surface area contributed by atoms with E-state index in [1.807, 2.05) is 0 Å². The Morgan fingerprint density at radius 2 is 1.48 bits per heavy atom. The molecule has 166 valence electrons. The summed E-state index contributed by atoms with van der Waals surface area (Å²) in [6.07, 6.45) is 0. The molecule has 6 nitrogen and oxygen atoms in total. The standard InChI is InChI=1S/C23H13Cl3FN3O3/c24-13-9-14(25)11-17(10-13)29-21(31)12-2-1-3-16(8-12)28-20-19(26)22(32)30(23(20)33)18-6-4-15(27)5-7-18/h1-11,28H,(H,29,31). The van der Waals surface area contributed by atoms with Gasteiger partial charge in [0, 0.05) is 27.0 Å². The lowest BCUT2D eigenvalue weighted by atomic mass is 10.1. The van der Waals surface area contributed by atoms with Gasteiger partial charge in [-0.05, 0) is 60.7 Å². The molecule has 0 aromatic heterocycles. The van der Waals surface area contributed by atoms with Crippen molar-refractivity contribution in [2.24, 2.45) is 0 Å². The van der Waals surface area contributed by atoms with Gasteiger partial charge in [0.05, 0.1) is 5.69 Å². The minimum absolute atomic E-state index is 0.162. The predicted molar refractivity (Wildman–Crippen MR) is 126 cm³/mol. The number of anilines is 3. The summed E-state index contributed by atoms with van der Waals surface area (Å²) in [7, 11) is 0. The number of rotatable bonds is 5. The average molecular weight is 505 g/mol. The summed E-state index contributed by atoms with van der Waals surface area (Å²) in [5, 5.41) is 5.89. The van der Waals surface area contributed by atoms with Gasteiger partial charge in [-0.25, -0.2) is 9.29 Å². The van der Waals surface area contributed by atoms with Crippen LogP contribution in [0.5, 0.6) is 0 Å². The first kappa shape index (κ1) is 22.8. The fourth-order valence-corrected chi connectivity index (χ4v) is 3.89. The molecule has 0 bridgehead atoms. The van der Waals surface area contributed by atoms with E-state index in [1.54, 1.807) is 30.3 Å². The number of halogens is 4. The van der Waals surface area contributed by atoms with Crippen molar-refractivity contribution in [2.75, 3.05) is 15.5 Å². The van der Waals surface area contributed by atoms with Crippen LogP contribution in [-0.2, 0) is 9.59 Å². The summed E-state index contributed by atoms with van der Waals surface area (Å²) >= 11 is 18.0. The number of hydrogen-bond acceptors (Lipinski definition) is 4. The molecule has 3 aromatic rings. The highest BCUT2D eigenvalue weighted by molar-refractivity contribution is 6.53. The van der Waals surface area contributed by atoms with Crippen molar-refractivity contribution in [1.82, 2.24) is 0 Å². The Balaban J connectivity index is 1.54. The van der Waals surface area contributed by atoms with Crippen molar-refractivity contribution in [3.8, 4) is 0 Å². The van der Waals surface area contributed by atoms with Crippen molar-refractivity contribution in [3.05, 3.63) is 98.9 Å². The van der Waals surface area contributed by atoms with E-state index in [1.165, 1.54) is 24.3 Å². The molecule has 3 aromatic carbocycles. The lowest BCUT2D eigenvalue weighted by Gasteiger charge is -2.15. The first-order chi connectivity index (χ1) is 15.7. The highest BCUT2D eigenvalue weighted by atomic mass is 35.5. The second-order valence-electron chi connectivity index (χ2n) is 6.93. The number of imide groups is 1. The van der Waals surface area contributed by atoms with Crippen LogP contribution in [-0.4, -0.2) is 17.7 Å². The van der Waals surface area contributed by atoms with Crippen LogP contribution in [0.15, 0.2) is 77.5 Å². The van der Waals surface area contributed by atoms with Gasteiger partial charge in [-0.3, -0.25) is 14.4 Å². The number of nitrogens with one attached hydrogen (secondary N) is 2. The largest absolute Gasteiger partial charge is 0.350 e. The Bertz CT molecular complexity index is 1310. The molecule has 2 N–H and O–H groups in total. The van der Waals surface area contributed by atoms with Crippen LogP contribution in [0.4, 0.5) is 21.5 Å². The van der Waals surface area contributed by atoms with Crippen LogP contribution in [0, 0.1) is 5.82 Å². The fourth-order valence-electron chi connectivity index (χ4n) is 3.15. The molecule has 0 saturated heterocycles. The summed E-state index contributed by atoms with van der Waals surface area (Å²) < 4.78 is 13.2. The van der Waals surface area contributed by atoms with Gasteiger partial charge in [-0.1, -0.05) is 40.9 Å². The normalized spacial score (nSPS) is 13.5. The Kier molecular flexibility index (Phi) is 6.37. The highest BCUT2D eigenvalue weighted by Crippen LogP contribution is 2.30. The van der Waals surface area contributed by atoms with Crippen molar-refractivity contribution in [2.45, 2.75) is 0 Å². The summed E-state index contributed by atoms with van der Waals surface area (Å²) in [5.74, 6) is -2.41. The number of carbonyl (C=O) groups is 3. The van der Waals surface area contributed by atoms with Gasteiger partial charge in [0.25, 0.3) is 17.7 Å². The van der Waals surface area contributed by atoms with E-state index in [4.69, 9.17) is 34.8 Å². The topological polar surface area (TPSA) is 78.5 Å². The molecule has 0 saturated carbocycles. The molecular weight excluding hydrogens is 492 g/mol. The first-order valence-electron chi connectivity index (χ1n) is 9.41. The molecule has 0 unspecified atom stereocenters. The Labute approximate surface area is 202 Å². The molecule has 1 aliphatic heterocycles. The fraction of sp³-hybridized carbons (Fsp3) is 0. The van der Waals surface area contributed by atoms with Crippen molar-refractivity contribution in [3.63, 3.8) is 0 Å². The smallest absolute Gasteiger partial charge is 0.283 e. The van der Waals surface area contributed by atoms with E-state index in [0.29, 0.717) is 21.4 Å². The zero-order chi connectivity index (χ0) is 23.7. The number of benzene rings is 3. The SMILES string of the molecule is O=C(Nc1cc(Cl)cc(Cl)c1)c1cccc(NC2=C(Cl)C(=O)N(c3ccc(F)cc3)C2=O)c1. The van der Waals surface area contributed by atoms with Crippen molar-refractivity contribution >= 4 is 69.6 Å². The van der Waals surface area contributed by atoms with Gasteiger partial charge in [-0.15, -0.1) is 0 Å². The predicted octanol–water partition coefficient (Wildman–Crippen LogP) is 5.82. The average Bonchev–Trinajstić information content (AvgIpc) is 2.97. The summed E-state index contributed by atoms with van der Waals surface area (Å²) in [4.78, 5) is 38.9. The third-order valence-corrected chi connectivity index (χ3v) is 5.41. The van der Waals surface area contributed by atoms with Gasteiger partial charge in [0.2, 0.25) is 0 Å². The quantitative estimate of drug-likeness (QED) is 0.429. The zero-order valence-corrected chi connectivity index (χ0v) is 18.8. The minimum atomic E-state index is -0.748. The zero-order valence-electron chi connectivity index (χ0n) is 16.5. The minimum Gasteiger partial charge on any atom is -0.350 e. The van der Waals surface area contributed by atoms with E-state index in [0.717, 1.165) is 17.0 Å². The van der Waals surface area contributed by atoms with Gasteiger partial charge in [-0.2, -0.15) is 0 Å². The maximum Gasteiger partial charge on any atom is 0.283 e. The number of carbonyl (C=O) groups excluding carboxylic acids is 3. The molecule has 33 heavy (non-hydrogen) atoms. The van der Waals surface area contributed by atoms with Gasteiger partial charge < -0.3 is 10.6 Å². The van der Waals surface area contributed by atoms with Crippen LogP contribution >= 0.6 is 34.8 Å². The van der Waals surface area contributed by atoms with Crippen LogP contribution in [0.1, 0.15) is 10.4 Å². The third-order valence-electron chi connectivity index (χ3n) is 4.63. The molecule has 1 aliphatic rings. The van der Waals surface area contributed by atoms with E-state index in [-0.39, 0.29) is 22.0 Å². The van der Waals surface area contributed by atoms with Gasteiger partial charge >= 0.3 is 0 Å². The molecule has 0 aliphatic carbocycles.